The van der Waals surface area contributed by atoms with Crippen molar-refractivity contribution in [2.45, 2.75) is 32.5 Å². The van der Waals surface area contributed by atoms with E-state index in [9.17, 15) is 4.79 Å². The number of hydrazine groups is 1. The molecule has 0 unspecified atom stereocenters. The topological polar surface area (TPSA) is 35.6 Å². The van der Waals surface area contributed by atoms with Crippen molar-refractivity contribution in [1.82, 2.24) is 5.01 Å². The van der Waals surface area contributed by atoms with Crippen LogP contribution in [-0.2, 0) is 4.79 Å². The molecule has 0 saturated carbocycles. The highest BCUT2D eigenvalue weighted by molar-refractivity contribution is 5.77. The van der Waals surface area contributed by atoms with Gasteiger partial charge in [0.15, 0.2) is 0 Å². The number of para-hydroxylation sites is 2. The number of amides is 1. The van der Waals surface area contributed by atoms with Crippen molar-refractivity contribution in [2.24, 2.45) is 0 Å². The minimum absolute atomic E-state index is 0.0323. The summed E-state index contributed by atoms with van der Waals surface area (Å²) < 4.78 is 0. The number of carbonyl (C=O) groups excluding carboxylic acids is 1. The fourth-order valence-electron chi connectivity index (χ4n) is 3.06. The van der Waals surface area contributed by atoms with Gasteiger partial charge in [-0.2, -0.15) is 0 Å². The molecule has 0 aromatic heterocycles. The number of rotatable bonds is 3. The Balaban J connectivity index is 1.88. The summed E-state index contributed by atoms with van der Waals surface area (Å²) in [5.74, 6) is 0.0432. The van der Waals surface area contributed by atoms with Gasteiger partial charge in [-0.05, 0) is 31.2 Å². The van der Waals surface area contributed by atoms with E-state index in [2.05, 4.69) is 17.2 Å². The van der Waals surface area contributed by atoms with Crippen LogP contribution in [0.4, 0.5) is 11.4 Å². The fraction of sp³-hybridized carbons (Fsp3) is 0.278. The van der Waals surface area contributed by atoms with Crippen molar-refractivity contribution >= 4 is 17.3 Å². The summed E-state index contributed by atoms with van der Waals surface area (Å²) in [5.41, 5.74) is 2.07. The van der Waals surface area contributed by atoms with Gasteiger partial charge in [0, 0.05) is 19.0 Å². The molecule has 2 aromatic carbocycles. The van der Waals surface area contributed by atoms with Crippen molar-refractivity contribution in [3.05, 3.63) is 60.7 Å². The number of hydrogen-bond acceptors (Lipinski definition) is 3. The van der Waals surface area contributed by atoms with Crippen LogP contribution in [0, 0.1) is 0 Å². The standard InChI is InChI=1S/C18H21N3O/c1-14-13-18(19-16-9-5-3-6-10-16)21(15(2)22)20(14)17-11-7-4-8-12-17/h3-12,14,18-19H,13H2,1-2H3/t14-,18-/m1/s1. The Hall–Kier alpha value is -2.49. The quantitative estimate of drug-likeness (QED) is 0.941. The Morgan fingerprint density at radius 1 is 1.05 bits per heavy atom. The molecular weight excluding hydrogens is 274 g/mol. The van der Waals surface area contributed by atoms with Gasteiger partial charge in [-0.3, -0.25) is 9.80 Å². The van der Waals surface area contributed by atoms with E-state index in [1.54, 1.807) is 6.92 Å². The molecule has 0 aliphatic carbocycles. The highest BCUT2D eigenvalue weighted by Gasteiger charge is 2.38. The summed E-state index contributed by atoms with van der Waals surface area (Å²) in [4.78, 5) is 12.2. The first-order valence-electron chi connectivity index (χ1n) is 7.62. The lowest BCUT2D eigenvalue weighted by Crippen LogP contribution is -2.48. The lowest BCUT2D eigenvalue weighted by Gasteiger charge is -2.35. The van der Waals surface area contributed by atoms with Crippen molar-refractivity contribution in [3.8, 4) is 0 Å². The maximum absolute atomic E-state index is 12.2. The Morgan fingerprint density at radius 3 is 2.23 bits per heavy atom. The summed E-state index contributed by atoms with van der Waals surface area (Å²) in [5, 5.41) is 7.38. The smallest absolute Gasteiger partial charge is 0.239 e. The van der Waals surface area contributed by atoms with Gasteiger partial charge in [0.05, 0.1) is 11.7 Å². The zero-order chi connectivity index (χ0) is 15.5. The molecule has 0 radical (unpaired) electrons. The minimum Gasteiger partial charge on any atom is -0.364 e. The van der Waals surface area contributed by atoms with Gasteiger partial charge in [0.2, 0.25) is 5.91 Å². The molecule has 1 saturated heterocycles. The summed E-state index contributed by atoms with van der Waals surface area (Å²) in [6.07, 6.45) is 0.846. The second-order valence-electron chi connectivity index (χ2n) is 5.65. The Kier molecular flexibility index (Phi) is 4.00. The maximum atomic E-state index is 12.2. The molecule has 1 fully saturated rings. The first-order valence-corrected chi connectivity index (χ1v) is 7.62. The van der Waals surface area contributed by atoms with Gasteiger partial charge >= 0.3 is 0 Å². The zero-order valence-electron chi connectivity index (χ0n) is 12.9. The summed E-state index contributed by atoms with van der Waals surface area (Å²) >= 11 is 0. The van der Waals surface area contributed by atoms with E-state index in [1.807, 2.05) is 65.7 Å². The third-order valence-electron chi connectivity index (χ3n) is 3.96. The van der Waals surface area contributed by atoms with Gasteiger partial charge in [0.1, 0.15) is 6.17 Å². The van der Waals surface area contributed by atoms with E-state index in [0.717, 1.165) is 17.8 Å². The summed E-state index contributed by atoms with van der Waals surface area (Å²) in [6.45, 7) is 3.77. The molecule has 3 rings (SSSR count). The molecule has 22 heavy (non-hydrogen) atoms. The molecule has 1 amide bonds. The third kappa shape index (κ3) is 2.77. The van der Waals surface area contributed by atoms with Crippen molar-refractivity contribution in [2.75, 3.05) is 10.3 Å². The summed E-state index contributed by atoms with van der Waals surface area (Å²) in [6, 6.07) is 20.3. The largest absolute Gasteiger partial charge is 0.364 e. The zero-order valence-corrected chi connectivity index (χ0v) is 12.9. The predicted octanol–water partition coefficient (Wildman–Crippen LogP) is 3.49. The molecule has 2 aromatic rings. The molecule has 1 aliphatic heterocycles. The van der Waals surface area contributed by atoms with Crippen LogP contribution >= 0.6 is 0 Å². The number of hydrogen-bond donors (Lipinski definition) is 1. The van der Waals surface area contributed by atoms with Crippen LogP contribution in [0.15, 0.2) is 60.7 Å². The van der Waals surface area contributed by atoms with E-state index in [-0.39, 0.29) is 18.1 Å². The molecule has 0 bridgehead atoms. The first kappa shape index (κ1) is 14.4. The van der Waals surface area contributed by atoms with E-state index >= 15 is 0 Å². The predicted molar refractivity (Wildman–Crippen MR) is 89.4 cm³/mol. The van der Waals surface area contributed by atoms with Crippen molar-refractivity contribution in [1.29, 1.82) is 0 Å². The van der Waals surface area contributed by atoms with E-state index in [1.165, 1.54) is 0 Å². The van der Waals surface area contributed by atoms with Crippen LogP contribution in [0.3, 0.4) is 0 Å². The number of anilines is 2. The van der Waals surface area contributed by atoms with Crippen molar-refractivity contribution < 1.29 is 4.79 Å². The molecule has 0 spiro atoms. The van der Waals surface area contributed by atoms with E-state index in [4.69, 9.17) is 0 Å². The first-order chi connectivity index (χ1) is 10.7. The highest BCUT2D eigenvalue weighted by atomic mass is 16.2. The van der Waals surface area contributed by atoms with Gasteiger partial charge in [0.25, 0.3) is 0 Å². The number of nitrogens with zero attached hydrogens (tertiary/aromatic N) is 2. The molecule has 4 heteroatoms. The van der Waals surface area contributed by atoms with Crippen LogP contribution in [0.5, 0.6) is 0 Å². The molecule has 1 aliphatic rings. The van der Waals surface area contributed by atoms with Gasteiger partial charge < -0.3 is 5.32 Å². The Labute approximate surface area is 131 Å². The average molecular weight is 295 g/mol. The lowest BCUT2D eigenvalue weighted by atomic mass is 10.2. The second-order valence-corrected chi connectivity index (χ2v) is 5.65. The second kappa shape index (κ2) is 6.10. The molecule has 2 atom stereocenters. The fourth-order valence-corrected chi connectivity index (χ4v) is 3.06. The molecule has 1 N–H and O–H groups in total. The summed E-state index contributed by atoms with van der Waals surface area (Å²) in [7, 11) is 0. The molecular formula is C18H21N3O. The molecule has 114 valence electrons. The Morgan fingerprint density at radius 2 is 1.64 bits per heavy atom. The van der Waals surface area contributed by atoms with Gasteiger partial charge in [-0.15, -0.1) is 0 Å². The number of benzene rings is 2. The lowest BCUT2D eigenvalue weighted by molar-refractivity contribution is -0.129. The average Bonchev–Trinajstić information content (AvgIpc) is 2.85. The van der Waals surface area contributed by atoms with Crippen LogP contribution in [0.2, 0.25) is 0 Å². The van der Waals surface area contributed by atoms with E-state index in [0.29, 0.717) is 0 Å². The number of nitrogens with one attached hydrogen (secondary N) is 1. The van der Waals surface area contributed by atoms with Crippen LogP contribution in [-0.4, -0.2) is 23.1 Å². The van der Waals surface area contributed by atoms with Gasteiger partial charge in [-0.1, -0.05) is 36.4 Å². The monoisotopic (exact) mass is 295 g/mol. The van der Waals surface area contributed by atoms with E-state index < -0.39 is 0 Å². The van der Waals surface area contributed by atoms with Gasteiger partial charge in [-0.25, -0.2) is 5.01 Å². The molecule has 1 heterocycles. The van der Waals surface area contributed by atoms with Crippen LogP contribution in [0.1, 0.15) is 20.3 Å². The van der Waals surface area contributed by atoms with Crippen molar-refractivity contribution in [3.63, 3.8) is 0 Å². The minimum atomic E-state index is -0.0323. The highest BCUT2D eigenvalue weighted by Crippen LogP contribution is 2.31. The number of carbonyl (C=O) groups is 1. The van der Waals surface area contributed by atoms with Crippen LogP contribution in [0.25, 0.3) is 0 Å². The maximum Gasteiger partial charge on any atom is 0.239 e. The third-order valence-corrected chi connectivity index (χ3v) is 3.96. The van der Waals surface area contributed by atoms with Crippen LogP contribution < -0.4 is 10.3 Å². The normalized spacial score (nSPS) is 21.0. The Bertz CT molecular complexity index is 629. The SMILES string of the molecule is CC(=O)N1[C@@H](Nc2ccccc2)C[C@@H](C)N1c1ccccc1. The molecule has 4 nitrogen and oxygen atoms in total.